The maximum Gasteiger partial charge on any atom is 0.346 e. The second-order valence-corrected chi connectivity index (χ2v) is 5.04. The third kappa shape index (κ3) is 2.22. The Morgan fingerprint density at radius 2 is 2.33 bits per heavy atom. The van der Waals surface area contributed by atoms with Gasteiger partial charge in [0.05, 0.1) is 6.54 Å². The number of terminal acetylenes is 1. The number of benzene rings is 1. The van der Waals surface area contributed by atoms with Gasteiger partial charge in [-0.05, 0) is 18.2 Å². The number of amides is 2. The van der Waals surface area contributed by atoms with Crippen LogP contribution in [0.5, 0.6) is 0 Å². The van der Waals surface area contributed by atoms with Gasteiger partial charge in [0, 0.05) is 15.1 Å². The number of hydrogen-bond acceptors (Lipinski definition) is 2. The zero-order chi connectivity index (χ0) is 13.3. The van der Waals surface area contributed by atoms with Gasteiger partial charge in [0.1, 0.15) is 11.9 Å². The molecule has 1 heterocycles. The average Bonchev–Trinajstić information content (AvgIpc) is 2.58. The molecule has 0 aromatic heterocycles. The molecule has 0 saturated carbocycles. The van der Waals surface area contributed by atoms with E-state index in [4.69, 9.17) is 23.8 Å². The number of carbonyl (C=O) groups excluding carboxylic acids is 1. The van der Waals surface area contributed by atoms with Crippen molar-refractivity contribution in [3.8, 4) is 12.3 Å². The summed E-state index contributed by atoms with van der Waals surface area (Å²) in [5, 5.41) is 0.512. The van der Waals surface area contributed by atoms with Crippen molar-refractivity contribution in [2.45, 2.75) is 6.04 Å². The molecule has 2 N–H and O–H groups in total. The Kier molecular flexibility index (Phi) is 3.60. The Bertz CT molecular complexity index is 579. The second-order valence-electron chi connectivity index (χ2n) is 3.72. The number of hydrogen-bond donors (Lipinski definition) is 1. The number of aliphatic imine (C=N–C) groups is 1. The highest BCUT2D eigenvalue weighted by molar-refractivity contribution is 9.10. The number of rotatable bonds is 2. The number of carbonyl (C=O) groups is 1. The molecule has 1 aliphatic rings. The summed E-state index contributed by atoms with van der Waals surface area (Å²) in [5.74, 6) is 2.62. The number of nitrogens with two attached hydrogens (primary N) is 1. The largest absolute Gasteiger partial charge is 0.385 e. The molecule has 2 rings (SSSR count). The van der Waals surface area contributed by atoms with Crippen molar-refractivity contribution in [1.82, 2.24) is 4.90 Å². The number of urea groups is 1. The standard InChI is InChI=1S/C12H9BrClN3O/c1-2-5-17-10(11(15)16-12(17)18)8-6-7(13)3-4-9(8)14/h1,3-4,6,10H,5H2,(H2,15,16,18). The Balaban J connectivity index is 2.48. The van der Waals surface area contributed by atoms with Gasteiger partial charge in [-0.3, -0.25) is 4.90 Å². The van der Waals surface area contributed by atoms with Crippen molar-refractivity contribution >= 4 is 39.4 Å². The van der Waals surface area contributed by atoms with Crippen LogP contribution in [0.2, 0.25) is 5.02 Å². The van der Waals surface area contributed by atoms with E-state index < -0.39 is 12.1 Å². The highest BCUT2D eigenvalue weighted by Gasteiger charge is 2.35. The summed E-state index contributed by atoms with van der Waals surface area (Å²) in [6.45, 7) is 0.135. The topological polar surface area (TPSA) is 58.7 Å². The maximum absolute atomic E-state index is 11.7. The molecular formula is C12H9BrClN3O. The third-order valence-corrected chi connectivity index (χ3v) is 3.41. The highest BCUT2D eigenvalue weighted by Crippen LogP contribution is 2.33. The summed E-state index contributed by atoms with van der Waals surface area (Å²) in [4.78, 5) is 16.8. The molecule has 2 amide bonds. The van der Waals surface area contributed by atoms with Gasteiger partial charge in [0.15, 0.2) is 0 Å². The molecule has 1 atom stereocenters. The monoisotopic (exact) mass is 325 g/mol. The predicted octanol–water partition coefficient (Wildman–Crippen LogP) is 2.57. The third-order valence-electron chi connectivity index (χ3n) is 2.58. The van der Waals surface area contributed by atoms with Gasteiger partial charge < -0.3 is 5.73 Å². The van der Waals surface area contributed by atoms with Crippen LogP contribution in [-0.2, 0) is 0 Å². The van der Waals surface area contributed by atoms with E-state index in [1.807, 2.05) is 6.07 Å². The lowest BCUT2D eigenvalue weighted by atomic mass is 10.1. The first kappa shape index (κ1) is 12.9. The Hall–Kier alpha value is -1.51. The molecule has 0 saturated heterocycles. The molecule has 0 bridgehead atoms. The Labute approximate surface area is 118 Å². The molecule has 1 aromatic carbocycles. The van der Waals surface area contributed by atoms with Crippen LogP contribution in [-0.4, -0.2) is 23.3 Å². The quantitative estimate of drug-likeness (QED) is 0.849. The molecule has 0 radical (unpaired) electrons. The summed E-state index contributed by atoms with van der Waals surface area (Å²) >= 11 is 9.49. The van der Waals surface area contributed by atoms with E-state index in [-0.39, 0.29) is 12.4 Å². The molecule has 92 valence electrons. The smallest absolute Gasteiger partial charge is 0.346 e. The van der Waals surface area contributed by atoms with Crippen molar-refractivity contribution in [3.05, 3.63) is 33.3 Å². The first-order valence-corrected chi connectivity index (χ1v) is 6.24. The minimum absolute atomic E-state index is 0.135. The molecule has 6 heteroatoms. The van der Waals surface area contributed by atoms with Crippen molar-refractivity contribution in [3.63, 3.8) is 0 Å². The molecule has 1 aliphatic heterocycles. The van der Waals surface area contributed by atoms with Gasteiger partial charge in [-0.2, -0.15) is 4.99 Å². The fourth-order valence-corrected chi connectivity index (χ4v) is 2.41. The van der Waals surface area contributed by atoms with Crippen molar-refractivity contribution < 1.29 is 4.79 Å². The molecule has 0 aliphatic carbocycles. The summed E-state index contributed by atoms with van der Waals surface area (Å²) in [6.07, 6.45) is 5.25. The number of nitrogens with zero attached hydrogens (tertiary/aromatic N) is 2. The van der Waals surface area contributed by atoms with E-state index in [1.54, 1.807) is 12.1 Å². The van der Waals surface area contributed by atoms with Crippen molar-refractivity contribution in [2.24, 2.45) is 10.7 Å². The van der Waals surface area contributed by atoms with Gasteiger partial charge in [-0.1, -0.05) is 33.5 Å². The van der Waals surface area contributed by atoms with Crippen LogP contribution in [0.1, 0.15) is 11.6 Å². The maximum atomic E-state index is 11.7. The van der Waals surface area contributed by atoms with Crippen LogP contribution < -0.4 is 5.73 Å². The van der Waals surface area contributed by atoms with Crippen LogP contribution >= 0.6 is 27.5 Å². The number of halogens is 2. The van der Waals surface area contributed by atoms with E-state index in [0.717, 1.165) is 4.47 Å². The first-order chi connectivity index (χ1) is 8.54. The molecule has 18 heavy (non-hydrogen) atoms. The van der Waals surface area contributed by atoms with Gasteiger partial charge >= 0.3 is 6.03 Å². The fraction of sp³-hybridized carbons (Fsp3) is 0.167. The van der Waals surface area contributed by atoms with Crippen LogP contribution in [0.15, 0.2) is 27.7 Å². The van der Waals surface area contributed by atoms with E-state index in [2.05, 4.69) is 26.8 Å². The number of amidine groups is 1. The van der Waals surface area contributed by atoms with E-state index in [0.29, 0.717) is 10.6 Å². The van der Waals surface area contributed by atoms with Crippen molar-refractivity contribution in [1.29, 1.82) is 0 Å². The molecular weight excluding hydrogens is 318 g/mol. The summed E-state index contributed by atoms with van der Waals surface area (Å²) in [5.41, 5.74) is 6.49. The van der Waals surface area contributed by atoms with E-state index >= 15 is 0 Å². The average molecular weight is 327 g/mol. The zero-order valence-corrected chi connectivity index (χ0v) is 11.6. The first-order valence-electron chi connectivity index (χ1n) is 5.07. The van der Waals surface area contributed by atoms with Crippen LogP contribution in [0, 0.1) is 12.3 Å². The Morgan fingerprint density at radius 1 is 1.61 bits per heavy atom. The van der Waals surface area contributed by atoms with Gasteiger partial charge in [-0.15, -0.1) is 6.42 Å². The molecule has 0 spiro atoms. The lowest BCUT2D eigenvalue weighted by Gasteiger charge is -2.23. The molecule has 1 aromatic rings. The van der Waals surface area contributed by atoms with Crippen LogP contribution in [0.25, 0.3) is 0 Å². The van der Waals surface area contributed by atoms with E-state index in [9.17, 15) is 4.79 Å². The fourth-order valence-electron chi connectivity index (χ4n) is 1.81. The zero-order valence-electron chi connectivity index (χ0n) is 9.23. The molecule has 1 unspecified atom stereocenters. The highest BCUT2D eigenvalue weighted by atomic mass is 79.9. The van der Waals surface area contributed by atoms with E-state index in [1.165, 1.54) is 4.90 Å². The lowest BCUT2D eigenvalue weighted by molar-refractivity contribution is 0.213. The lowest BCUT2D eigenvalue weighted by Crippen LogP contribution is -2.33. The predicted molar refractivity (Wildman–Crippen MR) is 74.5 cm³/mol. The summed E-state index contributed by atoms with van der Waals surface area (Å²) in [7, 11) is 0. The van der Waals surface area contributed by atoms with Crippen molar-refractivity contribution in [2.75, 3.05) is 6.54 Å². The minimum Gasteiger partial charge on any atom is -0.385 e. The Morgan fingerprint density at radius 3 is 3.00 bits per heavy atom. The second kappa shape index (κ2) is 5.01. The van der Waals surface area contributed by atoms with Gasteiger partial charge in [0.25, 0.3) is 0 Å². The van der Waals surface area contributed by atoms with Gasteiger partial charge in [-0.25, -0.2) is 4.79 Å². The molecule has 0 fully saturated rings. The van der Waals surface area contributed by atoms with Crippen LogP contribution in [0.3, 0.4) is 0 Å². The normalized spacial score (nSPS) is 18.7. The van der Waals surface area contributed by atoms with Gasteiger partial charge in [0.2, 0.25) is 0 Å². The SMILES string of the molecule is C#CCN1C(=O)N=C(N)C1c1cc(Br)ccc1Cl. The molecule has 4 nitrogen and oxygen atoms in total. The minimum atomic E-state index is -0.501. The van der Waals surface area contributed by atoms with Crippen LogP contribution in [0.4, 0.5) is 4.79 Å². The summed E-state index contributed by atoms with van der Waals surface area (Å²) < 4.78 is 0.842. The summed E-state index contributed by atoms with van der Waals surface area (Å²) in [6, 6.07) is 4.40.